The highest BCUT2D eigenvalue weighted by Gasteiger charge is 2.13. The third-order valence-electron chi connectivity index (χ3n) is 2.91. The van der Waals surface area contributed by atoms with Gasteiger partial charge in [-0.15, -0.1) is 0 Å². The monoisotopic (exact) mass is 287 g/mol. The van der Waals surface area contributed by atoms with Gasteiger partial charge in [0.15, 0.2) is 0 Å². The molecular weight excluding hydrogens is 273 g/mol. The van der Waals surface area contributed by atoms with Crippen LogP contribution in [0.1, 0.15) is 20.7 Å². The van der Waals surface area contributed by atoms with Crippen molar-refractivity contribution in [2.75, 3.05) is 18.1 Å². The maximum Gasteiger partial charge on any atom is 0.255 e. The van der Waals surface area contributed by atoms with E-state index in [0.717, 1.165) is 6.07 Å². The Morgan fingerprint density at radius 2 is 1.81 bits per heavy atom. The van der Waals surface area contributed by atoms with Crippen molar-refractivity contribution in [3.8, 4) is 0 Å². The van der Waals surface area contributed by atoms with Crippen molar-refractivity contribution in [2.45, 2.75) is 0 Å². The number of para-hydroxylation sites is 1. The van der Waals surface area contributed by atoms with E-state index in [9.17, 15) is 14.0 Å². The van der Waals surface area contributed by atoms with Crippen molar-refractivity contribution >= 4 is 23.2 Å². The van der Waals surface area contributed by atoms with E-state index in [1.807, 2.05) is 0 Å². The smallest absolute Gasteiger partial charge is 0.255 e. The zero-order valence-electron chi connectivity index (χ0n) is 11.3. The van der Waals surface area contributed by atoms with Gasteiger partial charge < -0.3 is 16.4 Å². The topological polar surface area (TPSA) is 84.2 Å². The number of carbonyl (C=O) groups is 2. The molecule has 2 amide bonds. The van der Waals surface area contributed by atoms with Gasteiger partial charge in [-0.05, 0) is 30.3 Å². The van der Waals surface area contributed by atoms with Gasteiger partial charge in [-0.2, -0.15) is 0 Å². The Hall–Kier alpha value is -2.89. The van der Waals surface area contributed by atoms with E-state index in [4.69, 9.17) is 5.73 Å². The Kier molecular flexibility index (Phi) is 4.18. The maximum atomic E-state index is 13.1. The van der Waals surface area contributed by atoms with E-state index in [1.165, 1.54) is 19.2 Å². The van der Waals surface area contributed by atoms with E-state index in [1.54, 1.807) is 24.3 Å². The normalized spacial score (nSPS) is 10.0. The molecule has 0 spiro atoms. The van der Waals surface area contributed by atoms with Gasteiger partial charge in [0.05, 0.1) is 16.9 Å². The molecule has 0 aliphatic carbocycles. The third kappa shape index (κ3) is 3.17. The van der Waals surface area contributed by atoms with Crippen LogP contribution in [0.5, 0.6) is 0 Å². The second-order valence-electron chi connectivity index (χ2n) is 4.32. The number of anilines is 2. The largest absolute Gasteiger partial charge is 0.396 e. The van der Waals surface area contributed by atoms with Crippen LogP contribution in [0, 0.1) is 5.82 Å². The number of rotatable bonds is 3. The Balaban J connectivity index is 2.27. The van der Waals surface area contributed by atoms with Crippen LogP contribution in [0.4, 0.5) is 15.8 Å². The molecule has 0 saturated carbocycles. The minimum absolute atomic E-state index is 0.109. The first kappa shape index (κ1) is 14.5. The van der Waals surface area contributed by atoms with Crippen molar-refractivity contribution in [2.24, 2.45) is 0 Å². The molecule has 6 heteroatoms. The maximum absolute atomic E-state index is 13.1. The van der Waals surface area contributed by atoms with Crippen LogP contribution < -0.4 is 16.4 Å². The molecular formula is C15H14FN3O2. The molecule has 0 radical (unpaired) electrons. The van der Waals surface area contributed by atoms with Crippen molar-refractivity contribution in [1.82, 2.24) is 5.32 Å². The van der Waals surface area contributed by atoms with Crippen LogP contribution in [0.15, 0.2) is 42.5 Å². The summed E-state index contributed by atoms with van der Waals surface area (Å²) < 4.78 is 13.1. The summed E-state index contributed by atoms with van der Waals surface area (Å²) in [6.45, 7) is 0. The van der Waals surface area contributed by atoms with Crippen molar-refractivity contribution in [1.29, 1.82) is 0 Å². The molecule has 0 saturated heterocycles. The van der Waals surface area contributed by atoms with Gasteiger partial charge in [0.2, 0.25) is 0 Å². The molecule has 0 fully saturated rings. The van der Waals surface area contributed by atoms with Crippen LogP contribution in [-0.4, -0.2) is 18.9 Å². The lowest BCUT2D eigenvalue weighted by molar-refractivity contribution is 0.0964. The molecule has 5 nitrogen and oxygen atoms in total. The first-order valence-corrected chi connectivity index (χ1v) is 6.20. The lowest BCUT2D eigenvalue weighted by atomic mass is 10.1. The summed E-state index contributed by atoms with van der Waals surface area (Å²) >= 11 is 0. The van der Waals surface area contributed by atoms with Gasteiger partial charge in [0.1, 0.15) is 5.82 Å². The molecule has 21 heavy (non-hydrogen) atoms. The summed E-state index contributed by atoms with van der Waals surface area (Å²) in [7, 11) is 1.50. The summed E-state index contributed by atoms with van der Waals surface area (Å²) in [5.41, 5.74) is 6.23. The molecule has 0 heterocycles. The zero-order valence-corrected chi connectivity index (χ0v) is 11.3. The number of hydrogen-bond acceptors (Lipinski definition) is 3. The summed E-state index contributed by atoms with van der Waals surface area (Å²) in [6.07, 6.45) is 0. The molecule has 2 aromatic rings. The van der Waals surface area contributed by atoms with Crippen LogP contribution in [0.2, 0.25) is 0 Å². The average Bonchev–Trinajstić information content (AvgIpc) is 2.49. The molecule has 2 aromatic carbocycles. The second-order valence-corrected chi connectivity index (χ2v) is 4.32. The summed E-state index contributed by atoms with van der Waals surface area (Å²) in [5.74, 6) is -1.38. The highest BCUT2D eigenvalue weighted by molar-refractivity contribution is 6.09. The highest BCUT2D eigenvalue weighted by atomic mass is 19.1. The SMILES string of the molecule is CNC(=O)c1ccccc1NC(=O)c1ccc(F)c(N)c1. The predicted octanol–water partition coefficient (Wildman–Crippen LogP) is 2.02. The number of amides is 2. The Bertz CT molecular complexity index is 701. The van der Waals surface area contributed by atoms with Gasteiger partial charge >= 0.3 is 0 Å². The van der Waals surface area contributed by atoms with E-state index in [2.05, 4.69) is 10.6 Å². The van der Waals surface area contributed by atoms with Gasteiger partial charge in [0, 0.05) is 12.6 Å². The Morgan fingerprint density at radius 3 is 2.48 bits per heavy atom. The van der Waals surface area contributed by atoms with Gasteiger partial charge in [0.25, 0.3) is 11.8 Å². The summed E-state index contributed by atoms with van der Waals surface area (Å²) in [5, 5.41) is 5.10. The third-order valence-corrected chi connectivity index (χ3v) is 2.91. The van der Waals surface area contributed by atoms with Gasteiger partial charge in [-0.3, -0.25) is 9.59 Å². The molecule has 108 valence electrons. The lowest BCUT2D eigenvalue weighted by Crippen LogP contribution is -2.21. The van der Waals surface area contributed by atoms with Crippen LogP contribution in [0.25, 0.3) is 0 Å². The molecule has 4 N–H and O–H groups in total. The number of hydrogen-bond donors (Lipinski definition) is 3. The minimum Gasteiger partial charge on any atom is -0.396 e. The molecule has 0 unspecified atom stereocenters. The Labute approximate surface area is 121 Å². The van der Waals surface area contributed by atoms with E-state index in [-0.39, 0.29) is 17.2 Å². The minimum atomic E-state index is -0.586. The highest BCUT2D eigenvalue weighted by Crippen LogP contribution is 2.18. The standard InChI is InChI=1S/C15H14FN3O2/c1-18-15(21)10-4-2-3-5-13(10)19-14(20)9-6-7-11(16)12(17)8-9/h2-8H,17H2,1H3,(H,18,21)(H,19,20). The van der Waals surface area contributed by atoms with Crippen molar-refractivity contribution in [3.63, 3.8) is 0 Å². The first-order chi connectivity index (χ1) is 10.0. The number of nitrogen functional groups attached to an aromatic ring is 1. The number of nitrogens with one attached hydrogen (secondary N) is 2. The van der Waals surface area contributed by atoms with Crippen LogP contribution in [0.3, 0.4) is 0 Å². The fraction of sp³-hybridized carbons (Fsp3) is 0.0667. The molecule has 0 atom stereocenters. The molecule has 0 aliphatic heterocycles. The zero-order chi connectivity index (χ0) is 15.4. The second kappa shape index (κ2) is 6.04. The van der Waals surface area contributed by atoms with E-state index >= 15 is 0 Å². The van der Waals surface area contributed by atoms with Crippen LogP contribution >= 0.6 is 0 Å². The van der Waals surface area contributed by atoms with Gasteiger partial charge in [-0.1, -0.05) is 12.1 Å². The molecule has 0 aliphatic rings. The first-order valence-electron chi connectivity index (χ1n) is 6.20. The van der Waals surface area contributed by atoms with E-state index in [0.29, 0.717) is 11.3 Å². The quantitative estimate of drug-likeness (QED) is 0.755. The molecule has 0 bridgehead atoms. The summed E-state index contributed by atoms with van der Waals surface area (Å²) in [4.78, 5) is 23.8. The Morgan fingerprint density at radius 1 is 1.10 bits per heavy atom. The number of nitrogens with two attached hydrogens (primary N) is 1. The van der Waals surface area contributed by atoms with Gasteiger partial charge in [-0.25, -0.2) is 4.39 Å². The predicted molar refractivity (Wildman–Crippen MR) is 78.6 cm³/mol. The fourth-order valence-corrected chi connectivity index (χ4v) is 1.80. The number of carbonyl (C=O) groups excluding carboxylic acids is 2. The average molecular weight is 287 g/mol. The molecule has 0 aromatic heterocycles. The fourth-order valence-electron chi connectivity index (χ4n) is 1.80. The van der Waals surface area contributed by atoms with E-state index < -0.39 is 11.7 Å². The number of halogens is 1. The molecule has 2 rings (SSSR count). The van der Waals surface area contributed by atoms with Crippen LogP contribution in [-0.2, 0) is 0 Å². The van der Waals surface area contributed by atoms with Crippen molar-refractivity contribution in [3.05, 3.63) is 59.4 Å². The van der Waals surface area contributed by atoms with Crippen molar-refractivity contribution < 1.29 is 14.0 Å². The lowest BCUT2D eigenvalue weighted by Gasteiger charge is -2.10. The summed E-state index contributed by atoms with van der Waals surface area (Å²) in [6, 6.07) is 10.3. The number of benzene rings is 2.